The van der Waals surface area contributed by atoms with Crippen molar-refractivity contribution in [2.75, 3.05) is 5.73 Å². The molecule has 0 saturated carbocycles. The number of H-pyrrole nitrogens is 1. The van der Waals surface area contributed by atoms with Crippen LogP contribution in [0.5, 0.6) is 0 Å². The van der Waals surface area contributed by atoms with Crippen LogP contribution in [0.25, 0.3) is 0 Å². The van der Waals surface area contributed by atoms with E-state index in [0.717, 1.165) is 0 Å². The quantitative estimate of drug-likeness (QED) is 0.675. The predicted octanol–water partition coefficient (Wildman–Crippen LogP) is 3.29. The highest BCUT2D eigenvalue weighted by Gasteiger charge is 2.20. The lowest BCUT2D eigenvalue weighted by Crippen LogP contribution is -2.10. The summed E-state index contributed by atoms with van der Waals surface area (Å²) in [5, 5.41) is 0. The summed E-state index contributed by atoms with van der Waals surface area (Å²) in [6.07, 6.45) is 2.05. The van der Waals surface area contributed by atoms with Gasteiger partial charge in [-0.05, 0) is 46.1 Å². The largest absolute Gasteiger partial charge is 0.398 e. The van der Waals surface area contributed by atoms with Gasteiger partial charge in [0, 0.05) is 17.4 Å². The number of nitrogens with one attached hydrogen (secondary N) is 1. The maximum atomic E-state index is 13.9. The van der Waals surface area contributed by atoms with Gasteiger partial charge in [0.15, 0.2) is 5.78 Å². The topological polar surface area (TPSA) is 58.9 Å². The summed E-state index contributed by atoms with van der Waals surface area (Å²) in [5.74, 6) is -0.901. The second kappa shape index (κ2) is 4.94. The number of rotatable bonds is 3. The molecule has 0 aliphatic rings. The van der Waals surface area contributed by atoms with E-state index in [0.29, 0.717) is 27.8 Å². The molecule has 3 N–H and O–H groups in total. The Balaban J connectivity index is 2.57. The number of aromatic amines is 1. The number of hydrogen-bond donors (Lipinski definition) is 2. The Morgan fingerprint density at radius 3 is 2.78 bits per heavy atom. The van der Waals surface area contributed by atoms with Crippen molar-refractivity contribution in [2.45, 2.75) is 13.3 Å². The molecule has 2 aromatic rings. The highest BCUT2D eigenvalue weighted by Crippen LogP contribution is 2.24. The van der Waals surface area contributed by atoms with Gasteiger partial charge in [0.25, 0.3) is 0 Å². The van der Waals surface area contributed by atoms with Crippen molar-refractivity contribution in [1.29, 1.82) is 0 Å². The molecule has 0 aliphatic carbocycles. The second-order valence-electron chi connectivity index (χ2n) is 3.91. The van der Waals surface area contributed by atoms with E-state index < -0.39 is 5.82 Å². The molecule has 0 fully saturated rings. The lowest BCUT2D eigenvalue weighted by atomic mass is 9.96. The number of halogens is 2. The maximum Gasteiger partial charge on any atom is 0.197 e. The van der Waals surface area contributed by atoms with Crippen molar-refractivity contribution in [1.82, 2.24) is 4.98 Å². The van der Waals surface area contributed by atoms with Gasteiger partial charge in [0.1, 0.15) is 5.82 Å². The summed E-state index contributed by atoms with van der Waals surface area (Å²) in [4.78, 5) is 15.1. The fourth-order valence-electron chi connectivity index (χ4n) is 1.90. The third-order valence-corrected chi connectivity index (χ3v) is 3.25. The van der Waals surface area contributed by atoms with Crippen molar-refractivity contribution in [3.8, 4) is 0 Å². The predicted molar refractivity (Wildman–Crippen MR) is 72.1 cm³/mol. The van der Waals surface area contributed by atoms with Crippen LogP contribution in [0.3, 0.4) is 0 Å². The van der Waals surface area contributed by atoms with Gasteiger partial charge < -0.3 is 10.7 Å². The van der Waals surface area contributed by atoms with Crippen LogP contribution in [-0.4, -0.2) is 10.8 Å². The number of nitrogens with two attached hydrogens (primary N) is 1. The van der Waals surface area contributed by atoms with E-state index in [-0.39, 0.29) is 11.3 Å². The number of carbonyl (C=O) groups is 1. The summed E-state index contributed by atoms with van der Waals surface area (Å²) in [5.41, 5.74) is 7.24. The molecule has 1 heterocycles. The first-order valence-corrected chi connectivity index (χ1v) is 6.29. The van der Waals surface area contributed by atoms with Gasteiger partial charge in [0.2, 0.25) is 0 Å². The lowest BCUT2D eigenvalue weighted by molar-refractivity contribution is 0.103. The van der Waals surface area contributed by atoms with E-state index in [1.807, 2.05) is 6.92 Å². The molecule has 5 heteroatoms. The summed E-state index contributed by atoms with van der Waals surface area (Å²) in [6, 6.07) is 4.33. The molecule has 1 aromatic carbocycles. The maximum absolute atomic E-state index is 13.9. The van der Waals surface area contributed by atoms with Crippen LogP contribution < -0.4 is 5.73 Å². The van der Waals surface area contributed by atoms with Gasteiger partial charge in [0.05, 0.1) is 10.2 Å². The average Bonchev–Trinajstić information content (AvgIpc) is 2.77. The number of anilines is 1. The Morgan fingerprint density at radius 2 is 2.22 bits per heavy atom. The zero-order chi connectivity index (χ0) is 13.3. The second-order valence-corrected chi connectivity index (χ2v) is 4.76. The summed E-state index contributed by atoms with van der Waals surface area (Å²) in [6.45, 7) is 1.84. The van der Waals surface area contributed by atoms with Crippen molar-refractivity contribution in [2.24, 2.45) is 0 Å². The van der Waals surface area contributed by atoms with Gasteiger partial charge in [-0.25, -0.2) is 4.39 Å². The van der Waals surface area contributed by atoms with E-state index in [4.69, 9.17) is 5.73 Å². The highest BCUT2D eigenvalue weighted by atomic mass is 79.9. The van der Waals surface area contributed by atoms with Gasteiger partial charge in [-0.1, -0.05) is 6.92 Å². The van der Waals surface area contributed by atoms with Crippen molar-refractivity contribution in [3.05, 3.63) is 51.5 Å². The van der Waals surface area contributed by atoms with Crippen molar-refractivity contribution in [3.63, 3.8) is 0 Å². The van der Waals surface area contributed by atoms with Gasteiger partial charge in [-0.2, -0.15) is 0 Å². The van der Waals surface area contributed by atoms with Crippen LogP contribution in [-0.2, 0) is 6.42 Å². The fraction of sp³-hybridized carbons (Fsp3) is 0.154. The van der Waals surface area contributed by atoms with Crippen molar-refractivity contribution >= 4 is 27.4 Å². The molecule has 2 rings (SSSR count). The first kappa shape index (κ1) is 12.8. The van der Waals surface area contributed by atoms with E-state index in [1.54, 1.807) is 6.07 Å². The molecule has 3 nitrogen and oxygen atoms in total. The first-order valence-electron chi connectivity index (χ1n) is 5.50. The Hall–Kier alpha value is -1.62. The van der Waals surface area contributed by atoms with Crippen LogP contribution in [0.1, 0.15) is 28.4 Å². The standard InChI is InChI=1S/C13H12BrFN2O/c1-2-8-10(16)4-3-9(15)12(8)13(18)7-5-11(14)17-6-7/h3-6,17H,2,16H2,1H3. The zero-order valence-corrected chi connectivity index (χ0v) is 11.3. The molecule has 18 heavy (non-hydrogen) atoms. The van der Waals surface area contributed by atoms with E-state index >= 15 is 0 Å². The molecule has 0 amide bonds. The minimum Gasteiger partial charge on any atom is -0.398 e. The van der Waals surface area contributed by atoms with Crippen molar-refractivity contribution < 1.29 is 9.18 Å². The molecule has 0 atom stereocenters. The third-order valence-electron chi connectivity index (χ3n) is 2.79. The number of benzene rings is 1. The molecule has 0 bridgehead atoms. The molecule has 0 radical (unpaired) electrons. The minimum absolute atomic E-state index is 0.0593. The van der Waals surface area contributed by atoms with Gasteiger partial charge in [-0.15, -0.1) is 0 Å². The Bertz CT molecular complexity index is 607. The first-order chi connectivity index (χ1) is 8.54. The Labute approximate surface area is 112 Å². The SMILES string of the molecule is CCc1c(N)ccc(F)c1C(=O)c1c[nH]c(Br)c1. The van der Waals surface area contributed by atoms with Crippen LogP contribution in [0.2, 0.25) is 0 Å². The number of carbonyl (C=O) groups excluding carboxylic acids is 1. The number of aromatic nitrogens is 1. The Kier molecular flexibility index (Phi) is 3.52. The molecule has 0 spiro atoms. The molecule has 94 valence electrons. The van der Waals surface area contributed by atoms with E-state index in [1.165, 1.54) is 18.3 Å². The highest BCUT2D eigenvalue weighted by molar-refractivity contribution is 9.10. The van der Waals surface area contributed by atoms with E-state index in [9.17, 15) is 9.18 Å². The normalized spacial score (nSPS) is 10.6. The number of nitrogen functional groups attached to an aromatic ring is 1. The Morgan fingerprint density at radius 1 is 1.50 bits per heavy atom. The van der Waals surface area contributed by atoms with E-state index in [2.05, 4.69) is 20.9 Å². The zero-order valence-electron chi connectivity index (χ0n) is 9.76. The summed E-state index contributed by atoms with van der Waals surface area (Å²) >= 11 is 3.22. The molecular formula is C13H12BrFN2O. The van der Waals surface area contributed by atoms with Gasteiger partial charge >= 0.3 is 0 Å². The smallest absolute Gasteiger partial charge is 0.197 e. The monoisotopic (exact) mass is 310 g/mol. The van der Waals surface area contributed by atoms with Crippen LogP contribution in [0.4, 0.5) is 10.1 Å². The summed E-state index contributed by atoms with van der Waals surface area (Å²) < 4.78 is 14.5. The number of hydrogen-bond acceptors (Lipinski definition) is 2. The molecular weight excluding hydrogens is 299 g/mol. The third kappa shape index (κ3) is 2.18. The minimum atomic E-state index is -0.539. The molecule has 0 aliphatic heterocycles. The lowest BCUT2D eigenvalue weighted by Gasteiger charge is -2.10. The molecule has 0 unspecified atom stereocenters. The number of ketones is 1. The van der Waals surface area contributed by atoms with Crippen LogP contribution in [0.15, 0.2) is 29.0 Å². The average molecular weight is 311 g/mol. The van der Waals surface area contributed by atoms with Gasteiger partial charge in [-0.3, -0.25) is 4.79 Å². The van der Waals surface area contributed by atoms with Crippen LogP contribution >= 0.6 is 15.9 Å². The van der Waals surface area contributed by atoms with Crippen LogP contribution in [0, 0.1) is 5.82 Å². The summed E-state index contributed by atoms with van der Waals surface area (Å²) in [7, 11) is 0. The molecule has 1 aromatic heterocycles. The fourth-order valence-corrected chi connectivity index (χ4v) is 2.26. The molecule has 0 saturated heterocycles.